The van der Waals surface area contributed by atoms with Crippen molar-refractivity contribution in [3.63, 3.8) is 0 Å². The molecule has 0 bridgehead atoms. The van der Waals surface area contributed by atoms with E-state index in [-0.39, 0.29) is 29.3 Å². The molecule has 2 unspecified atom stereocenters. The van der Waals surface area contributed by atoms with E-state index in [0.717, 1.165) is 24.5 Å². The Bertz CT molecular complexity index is 885. The van der Waals surface area contributed by atoms with Crippen molar-refractivity contribution < 1.29 is 9.53 Å². The second-order valence-corrected chi connectivity index (χ2v) is 8.90. The average Bonchev–Trinajstić information content (AvgIpc) is 2.97. The van der Waals surface area contributed by atoms with E-state index in [1.54, 1.807) is 16.8 Å². The van der Waals surface area contributed by atoms with Crippen LogP contribution >= 0.6 is 11.6 Å². The summed E-state index contributed by atoms with van der Waals surface area (Å²) in [6.07, 6.45) is 0.338. The van der Waals surface area contributed by atoms with Gasteiger partial charge in [0.25, 0.3) is 5.91 Å². The summed E-state index contributed by atoms with van der Waals surface area (Å²) in [5.74, 6) is 0.279. The van der Waals surface area contributed by atoms with Crippen LogP contribution in [0.3, 0.4) is 0 Å². The van der Waals surface area contributed by atoms with Gasteiger partial charge in [-0.15, -0.1) is 0 Å². The maximum absolute atomic E-state index is 12.9. The Morgan fingerprint density at radius 2 is 1.93 bits per heavy atom. The number of halogens is 1. The summed E-state index contributed by atoms with van der Waals surface area (Å²) in [6, 6.07) is 5.41. The number of amides is 1. The molecule has 1 aliphatic rings. The zero-order valence-corrected chi connectivity index (χ0v) is 18.7. The van der Waals surface area contributed by atoms with Gasteiger partial charge in [0.2, 0.25) is 0 Å². The Morgan fingerprint density at radius 1 is 1.28 bits per heavy atom. The Labute approximate surface area is 177 Å². The second kappa shape index (κ2) is 8.42. The largest absolute Gasteiger partial charge is 0.373 e. The zero-order chi connectivity index (χ0) is 21.3. The summed E-state index contributed by atoms with van der Waals surface area (Å²) in [7, 11) is 0. The highest BCUT2D eigenvalue weighted by atomic mass is 35.5. The summed E-state index contributed by atoms with van der Waals surface area (Å²) in [5, 5.41) is 7.76. The van der Waals surface area contributed by atoms with E-state index in [1.807, 2.05) is 19.9 Å². The topological polar surface area (TPSA) is 72.3 Å². The number of rotatable bonds is 5. The molecule has 158 valence electrons. The molecule has 2 aromatic heterocycles. The zero-order valence-electron chi connectivity index (χ0n) is 18.0. The van der Waals surface area contributed by atoms with E-state index in [9.17, 15) is 4.79 Å². The van der Waals surface area contributed by atoms with Gasteiger partial charge < -0.3 is 10.1 Å². The molecule has 2 atom stereocenters. The van der Waals surface area contributed by atoms with Gasteiger partial charge in [-0.3, -0.25) is 9.69 Å². The molecule has 1 aliphatic heterocycles. The molecule has 0 aromatic carbocycles. The van der Waals surface area contributed by atoms with Crippen molar-refractivity contribution in [2.24, 2.45) is 0 Å². The summed E-state index contributed by atoms with van der Waals surface area (Å²) >= 11 is 6.28. The quantitative estimate of drug-likeness (QED) is 0.805. The summed E-state index contributed by atoms with van der Waals surface area (Å²) in [6.45, 7) is 14.4. The average molecular weight is 420 g/mol. The van der Waals surface area contributed by atoms with Crippen LogP contribution in [0.2, 0.25) is 5.02 Å². The number of hydrogen-bond acceptors (Lipinski definition) is 5. The number of carbonyl (C=O) groups excluding carboxylic acids is 1. The predicted octanol–water partition coefficient (Wildman–Crippen LogP) is 3.16. The van der Waals surface area contributed by atoms with Crippen LogP contribution in [0.4, 0.5) is 0 Å². The van der Waals surface area contributed by atoms with Crippen molar-refractivity contribution >= 4 is 17.5 Å². The van der Waals surface area contributed by atoms with Crippen LogP contribution in [0, 0.1) is 13.8 Å². The van der Waals surface area contributed by atoms with Gasteiger partial charge in [-0.05, 0) is 59.7 Å². The molecule has 3 heterocycles. The lowest BCUT2D eigenvalue weighted by molar-refractivity contribution is -0.0948. The molecule has 0 spiro atoms. The number of nitrogens with zero attached hydrogens (tertiary/aromatic N) is 4. The maximum Gasteiger partial charge on any atom is 0.271 e. The smallest absolute Gasteiger partial charge is 0.271 e. The van der Waals surface area contributed by atoms with E-state index in [1.165, 1.54) is 0 Å². The van der Waals surface area contributed by atoms with Crippen LogP contribution in [-0.4, -0.2) is 63.0 Å². The van der Waals surface area contributed by atoms with Crippen molar-refractivity contribution in [2.75, 3.05) is 19.6 Å². The molecule has 29 heavy (non-hydrogen) atoms. The fourth-order valence-corrected chi connectivity index (χ4v) is 3.93. The third-order valence-electron chi connectivity index (χ3n) is 5.23. The highest BCUT2D eigenvalue weighted by molar-refractivity contribution is 6.33. The predicted molar refractivity (Wildman–Crippen MR) is 114 cm³/mol. The summed E-state index contributed by atoms with van der Waals surface area (Å²) < 4.78 is 7.54. The van der Waals surface area contributed by atoms with Gasteiger partial charge >= 0.3 is 0 Å². The summed E-state index contributed by atoms with van der Waals surface area (Å²) in [5.41, 5.74) is 1.82. The first-order chi connectivity index (χ1) is 13.6. The minimum Gasteiger partial charge on any atom is -0.373 e. The number of aromatic nitrogens is 3. The first-order valence-corrected chi connectivity index (χ1v) is 10.3. The van der Waals surface area contributed by atoms with Gasteiger partial charge in [-0.2, -0.15) is 5.10 Å². The standard InChI is InChI=1S/C21H30ClN5O2/c1-13-9-14(2)27(25-13)18-8-7-17(22)19(24-18)20(28)23-12-21(5,6)26-10-15(3)29-16(4)11-26/h7-9,15-16H,10-12H2,1-6H3,(H,23,28). The molecule has 1 saturated heterocycles. The minimum atomic E-state index is -0.291. The van der Waals surface area contributed by atoms with E-state index >= 15 is 0 Å². The van der Waals surface area contributed by atoms with Crippen molar-refractivity contribution in [1.82, 2.24) is 25.0 Å². The van der Waals surface area contributed by atoms with Crippen LogP contribution in [0.25, 0.3) is 5.82 Å². The normalized spacial score (nSPS) is 20.7. The molecule has 1 amide bonds. The number of pyridine rings is 1. The molecule has 0 aliphatic carbocycles. The monoisotopic (exact) mass is 419 g/mol. The number of ether oxygens (including phenoxy) is 1. The fourth-order valence-electron chi connectivity index (χ4n) is 3.73. The highest BCUT2D eigenvalue weighted by Gasteiger charge is 2.33. The van der Waals surface area contributed by atoms with Crippen molar-refractivity contribution in [2.45, 2.75) is 59.3 Å². The SMILES string of the molecule is Cc1cc(C)n(-c2ccc(Cl)c(C(=O)NCC(C)(C)N3CC(C)OC(C)C3)n2)n1. The van der Waals surface area contributed by atoms with E-state index in [2.05, 4.69) is 48.0 Å². The molecule has 1 N–H and O–H groups in total. The van der Waals surface area contributed by atoms with E-state index in [0.29, 0.717) is 17.4 Å². The number of carbonyl (C=O) groups is 1. The molecule has 2 aromatic rings. The molecule has 7 nitrogen and oxygen atoms in total. The number of nitrogens with one attached hydrogen (secondary N) is 1. The van der Waals surface area contributed by atoms with Crippen molar-refractivity contribution in [3.05, 3.63) is 40.3 Å². The van der Waals surface area contributed by atoms with Gasteiger partial charge in [-0.1, -0.05) is 11.6 Å². The lowest BCUT2D eigenvalue weighted by Gasteiger charge is -2.45. The second-order valence-electron chi connectivity index (χ2n) is 8.50. The third kappa shape index (κ3) is 4.97. The fraction of sp³-hybridized carbons (Fsp3) is 0.571. The van der Waals surface area contributed by atoms with Crippen LogP contribution in [-0.2, 0) is 4.74 Å². The Hall–Kier alpha value is -1.96. The Kier molecular flexibility index (Phi) is 6.31. The van der Waals surface area contributed by atoms with Crippen molar-refractivity contribution in [1.29, 1.82) is 0 Å². The van der Waals surface area contributed by atoms with Crippen LogP contribution < -0.4 is 5.32 Å². The Balaban J connectivity index is 1.73. The van der Waals surface area contributed by atoms with Gasteiger partial charge in [0.05, 0.1) is 22.9 Å². The minimum absolute atomic E-state index is 0.169. The lowest BCUT2D eigenvalue weighted by Crippen LogP contribution is -2.58. The maximum atomic E-state index is 12.9. The van der Waals surface area contributed by atoms with Gasteiger partial charge in [0, 0.05) is 30.9 Å². The highest BCUT2D eigenvalue weighted by Crippen LogP contribution is 2.22. The van der Waals surface area contributed by atoms with Crippen LogP contribution in [0.1, 0.15) is 49.6 Å². The molecule has 0 radical (unpaired) electrons. The van der Waals surface area contributed by atoms with E-state index < -0.39 is 0 Å². The molecule has 1 fully saturated rings. The number of morpholine rings is 1. The first kappa shape index (κ1) is 21.7. The molecular weight excluding hydrogens is 390 g/mol. The van der Waals surface area contributed by atoms with Crippen LogP contribution in [0.5, 0.6) is 0 Å². The third-order valence-corrected chi connectivity index (χ3v) is 5.54. The number of hydrogen-bond donors (Lipinski definition) is 1. The molecule has 3 rings (SSSR count). The first-order valence-electron chi connectivity index (χ1n) is 9.95. The molecule has 0 saturated carbocycles. The van der Waals surface area contributed by atoms with E-state index in [4.69, 9.17) is 16.3 Å². The van der Waals surface area contributed by atoms with Crippen LogP contribution in [0.15, 0.2) is 18.2 Å². The molecular formula is C21H30ClN5O2. The molecule has 8 heteroatoms. The van der Waals surface area contributed by atoms with Crippen molar-refractivity contribution in [3.8, 4) is 5.82 Å². The summed E-state index contributed by atoms with van der Waals surface area (Å²) in [4.78, 5) is 19.7. The lowest BCUT2D eigenvalue weighted by atomic mass is 10.00. The van der Waals surface area contributed by atoms with Gasteiger partial charge in [0.1, 0.15) is 5.69 Å². The van der Waals surface area contributed by atoms with Gasteiger partial charge in [0.15, 0.2) is 5.82 Å². The number of aryl methyl sites for hydroxylation is 2. The Morgan fingerprint density at radius 3 is 2.52 bits per heavy atom. The van der Waals surface area contributed by atoms with Gasteiger partial charge in [-0.25, -0.2) is 9.67 Å².